The Morgan fingerprint density at radius 2 is 1.82 bits per heavy atom. The maximum atomic E-state index is 4.24. The zero-order valence-corrected chi connectivity index (χ0v) is 16.8. The van der Waals surface area contributed by atoms with Crippen LogP contribution in [-0.4, -0.2) is 35.9 Å². The van der Waals surface area contributed by atoms with Crippen molar-refractivity contribution in [3.05, 3.63) is 18.5 Å². The van der Waals surface area contributed by atoms with Gasteiger partial charge in [0.1, 0.15) is 0 Å². The van der Waals surface area contributed by atoms with Crippen LogP contribution in [0.3, 0.4) is 0 Å². The summed E-state index contributed by atoms with van der Waals surface area (Å²) in [4.78, 5) is 4.24. The first-order valence-corrected chi connectivity index (χ1v) is 7.93. The Balaban J connectivity index is 0.00000441. The lowest BCUT2D eigenvalue weighted by molar-refractivity contribution is 0.360. The maximum absolute atomic E-state index is 4.24. The molecule has 0 saturated carbocycles. The Labute approximate surface area is 152 Å². The third-order valence-electron chi connectivity index (χ3n) is 3.29. The third kappa shape index (κ3) is 10.9. The van der Waals surface area contributed by atoms with Crippen molar-refractivity contribution in [3.63, 3.8) is 0 Å². The minimum atomic E-state index is 0. The molecule has 0 fully saturated rings. The number of hydrogen-bond acceptors (Lipinski definition) is 2. The van der Waals surface area contributed by atoms with Crippen LogP contribution >= 0.6 is 24.0 Å². The molecule has 0 bridgehead atoms. The first-order valence-electron chi connectivity index (χ1n) is 7.93. The highest BCUT2D eigenvalue weighted by molar-refractivity contribution is 14.0. The zero-order valence-electron chi connectivity index (χ0n) is 14.4. The second-order valence-corrected chi connectivity index (χ2v) is 6.57. The van der Waals surface area contributed by atoms with E-state index in [1.807, 2.05) is 30.2 Å². The van der Waals surface area contributed by atoms with Gasteiger partial charge >= 0.3 is 0 Å². The Kier molecular flexibility index (Phi) is 11.3. The average molecular weight is 421 g/mol. The summed E-state index contributed by atoms with van der Waals surface area (Å²) in [7, 11) is 1.82. The van der Waals surface area contributed by atoms with E-state index in [0.29, 0.717) is 5.41 Å². The summed E-state index contributed by atoms with van der Waals surface area (Å²) < 4.78 is 1.95. The third-order valence-corrected chi connectivity index (χ3v) is 3.29. The molecule has 2 N–H and O–H groups in total. The van der Waals surface area contributed by atoms with Crippen LogP contribution in [0.25, 0.3) is 0 Å². The van der Waals surface area contributed by atoms with Gasteiger partial charge < -0.3 is 10.6 Å². The Bertz CT molecular complexity index is 395. The smallest absolute Gasteiger partial charge is 0.190 e. The molecular formula is C16H32IN5. The highest BCUT2D eigenvalue weighted by Crippen LogP contribution is 2.21. The summed E-state index contributed by atoms with van der Waals surface area (Å²) in [6, 6.07) is 1.95. The number of aliphatic imine (C=N–C) groups is 1. The van der Waals surface area contributed by atoms with Crippen molar-refractivity contribution in [3.8, 4) is 0 Å². The molecule has 6 heteroatoms. The molecule has 0 aliphatic carbocycles. The van der Waals surface area contributed by atoms with Crippen LogP contribution in [0, 0.1) is 5.41 Å². The second-order valence-electron chi connectivity index (χ2n) is 6.57. The van der Waals surface area contributed by atoms with Crippen molar-refractivity contribution >= 4 is 29.9 Å². The molecule has 0 unspecified atom stereocenters. The normalized spacial score (nSPS) is 11.9. The lowest BCUT2D eigenvalue weighted by Crippen LogP contribution is -2.38. The van der Waals surface area contributed by atoms with Gasteiger partial charge in [-0.1, -0.05) is 27.2 Å². The monoisotopic (exact) mass is 421 g/mol. The van der Waals surface area contributed by atoms with Gasteiger partial charge in [-0.2, -0.15) is 5.10 Å². The Morgan fingerprint density at radius 1 is 1.14 bits per heavy atom. The van der Waals surface area contributed by atoms with Crippen molar-refractivity contribution < 1.29 is 0 Å². The van der Waals surface area contributed by atoms with Gasteiger partial charge in [-0.25, -0.2) is 0 Å². The number of aromatic nitrogens is 2. The minimum absolute atomic E-state index is 0. The number of unbranched alkanes of at least 4 members (excludes halogenated alkanes) is 1. The van der Waals surface area contributed by atoms with E-state index in [9.17, 15) is 0 Å². The first kappa shape index (κ1) is 21.2. The molecule has 0 aromatic carbocycles. The van der Waals surface area contributed by atoms with E-state index >= 15 is 0 Å². The highest BCUT2D eigenvalue weighted by atomic mass is 127. The Morgan fingerprint density at radius 3 is 2.36 bits per heavy atom. The van der Waals surface area contributed by atoms with Gasteiger partial charge in [-0.3, -0.25) is 9.67 Å². The predicted octanol–water partition coefficient (Wildman–Crippen LogP) is 3.27. The average Bonchev–Trinajstić information content (AvgIpc) is 2.92. The van der Waals surface area contributed by atoms with E-state index < -0.39 is 0 Å². The fourth-order valence-electron chi connectivity index (χ4n) is 2.09. The number of guanidine groups is 1. The Hall–Kier alpha value is -0.790. The van der Waals surface area contributed by atoms with Crippen molar-refractivity contribution in [2.24, 2.45) is 10.4 Å². The molecule has 0 saturated heterocycles. The molecule has 1 heterocycles. The highest BCUT2D eigenvalue weighted by Gasteiger charge is 2.08. The standard InChI is InChI=1S/C16H31N5.HI/c1-16(2,3)9-5-6-10-18-15(17-4)19-11-7-13-21-14-8-12-20-21;/h8,12,14H,5-7,9-11,13H2,1-4H3,(H2,17,18,19);1H. The summed E-state index contributed by atoms with van der Waals surface area (Å²) in [6.07, 6.45) is 8.54. The number of hydrogen-bond donors (Lipinski definition) is 2. The topological polar surface area (TPSA) is 54.2 Å². The van der Waals surface area contributed by atoms with E-state index in [1.54, 1.807) is 0 Å². The van der Waals surface area contributed by atoms with Crippen LogP contribution < -0.4 is 10.6 Å². The zero-order chi connectivity index (χ0) is 15.6. The summed E-state index contributed by atoms with van der Waals surface area (Å²) in [5.74, 6) is 0.895. The van der Waals surface area contributed by atoms with Crippen LogP contribution in [0.5, 0.6) is 0 Å². The number of halogens is 1. The van der Waals surface area contributed by atoms with Crippen LogP contribution in [0.2, 0.25) is 0 Å². The van der Waals surface area contributed by atoms with Crippen molar-refractivity contribution in [2.45, 2.75) is 53.0 Å². The van der Waals surface area contributed by atoms with Crippen molar-refractivity contribution in [1.82, 2.24) is 20.4 Å². The summed E-state index contributed by atoms with van der Waals surface area (Å²) >= 11 is 0. The second kappa shape index (κ2) is 11.7. The molecule has 0 aliphatic rings. The fraction of sp³-hybridized carbons (Fsp3) is 0.750. The molecule has 0 atom stereocenters. The molecule has 1 aromatic heterocycles. The molecule has 0 radical (unpaired) electrons. The number of nitrogens with zero attached hydrogens (tertiary/aromatic N) is 3. The maximum Gasteiger partial charge on any atom is 0.190 e. The van der Waals surface area contributed by atoms with Gasteiger partial charge in [0.15, 0.2) is 5.96 Å². The van der Waals surface area contributed by atoms with E-state index in [1.165, 1.54) is 19.3 Å². The number of rotatable bonds is 8. The largest absolute Gasteiger partial charge is 0.356 e. The van der Waals surface area contributed by atoms with Gasteiger partial charge in [0.25, 0.3) is 0 Å². The van der Waals surface area contributed by atoms with Crippen LogP contribution in [0.4, 0.5) is 0 Å². The van der Waals surface area contributed by atoms with Crippen molar-refractivity contribution in [2.75, 3.05) is 20.1 Å². The molecule has 5 nitrogen and oxygen atoms in total. The van der Waals surface area contributed by atoms with Crippen LogP contribution in [0.1, 0.15) is 46.5 Å². The van der Waals surface area contributed by atoms with Gasteiger partial charge in [0.05, 0.1) is 0 Å². The van der Waals surface area contributed by atoms with Crippen LogP contribution in [0.15, 0.2) is 23.5 Å². The quantitative estimate of drug-likeness (QED) is 0.293. The molecule has 1 aromatic rings. The lowest BCUT2D eigenvalue weighted by atomic mass is 9.90. The summed E-state index contributed by atoms with van der Waals surface area (Å²) in [5.41, 5.74) is 0.437. The van der Waals surface area contributed by atoms with Gasteiger partial charge in [-0.05, 0) is 30.7 Å². The van der Waals surface area contributed by atoms with Gasteiger partial charge in [0.2, 0.25) is 0 Å². The van der Waals surface area contributed by atoms with E-state index in [4.69, 9.17) is 0 Å². The molecule has 1 rings (SSSR count). The number of nitrogens with one attached hydrogen (secondary N) is 2. The summed E-state index contributed by atoms with van der Waals surface area (Å²) in [5, 5.41) is 10.9. The molecule has 0 spiro atoms. The fourth-order valence-corrected chi connectivity index (χ4v) is 2.09. The van der Waals surface area contributed by atoms with Gasteiger partial charge in [0, 0.05) is 39.1 Å². The predicted molar refractivity (Wildman–Crippen MR) is 105 cm³/mol. The number of aryl methyl sites for hydroxylation is 1. The SMILES string of the molecule is CN=C(NCCCCC(C)(C)C)NCCCn1cccn1.I. The summed E-state index contributed by atoms with van der Waals surface area (Å²) in [6.45, 7) is 9.70. The minimum Gasteiger partial charge on any atom is -0.356 e. The van der Waals surface area contributed by atoms with Crippen molar-refractivity contribution in [1.29, 1.82) is 0 Å². The lowest BCUT2D eigenvalue weighted by Gasteiger charge is -2.18. The first-order chi connectivity index (χ1) is 10.0. The molecule has 0 amide bonds. The van der Waals surface area contributed by atoms with Gasteiger partial charge in [-0.15, -0.1) is 24.0 Å². The van der Waals surface area contributed by atoms with E-state index in [-0.39, 0.29) is 24.0 Å². The van der Waals surface area contributed by atoms with Crippen LogP contribution in [-0.2, 0) is 6.54 Å². The van der Waals surface area contributed by atoms with E-state index in [0.717, 1.165) is 32.0 Å². The molecular weight excluding hydrogens is 389 g/mol. The van der Waals surface area contributed by atoms with E-state index in [2.05, 4.69) is 41.5 Å². The molecule has 0 aliphatic heterocycles. The molecule has 22 heavy (non-hydrogen) atoms. The molecule has 128 valence electrons.